The fourth-order valence-electron chi connectivity index (χ4n) is 10.8. The molecule has 0 aromatic heterocycles. The quantitative estimate of drug-likeness (QED) is 0.0191. The number of fused-ring (bicyclic) bond motifs is 4. The highest BCUT2D eigenvalue weighted by Gasteiger charge is 2.27. The van der Waals surface area contributed by atoms with Gasteiger partial charge in [-0.2, -0.15) is 0 Å². The Morgan fingerprint density at radius 2 is 0.727 bits per heavy atom. The predicted octanol–water partition coefficient (Wildman–Crippen LogP) is 18.2. The lowest BCUT2D eigenvalue weighted by Gasteiger charge is -2.28. The van der Waals surface area contributed by atoms with E-state index in [1.54, 1.807) is 59.2 Å². The molecule has 0 aliphatic heterocycles. The van der Waals surface area contributed by atoms with Crippen LogP contribution in [0.3, 0.4) is 0 Å². The molecule has 99 heavy (non-hydrogen) atoms. The van der Waals surface area contributed by atoms with Crippen molar-refractivity contribution in [2.24, 2.45) is 0 Å². The van der Waals surface area contributed by atoms with Crippen molar-refractivity contribution in [3.63, 3.8) is 0 Å². The lowest BCUT2D eigenvalue weighted by atomic mass is 10.0. The minimum atomic E-state index is -2.24. The first-order chi connectivity index (χ1) is 48.1. The summed E-state index contributed by atoms with van der Waals surface area (Å²) in [6.45, 7) is 6.59. The molecule has 11 aromatic carbocycles. The van der Waals surface area contributed by atoms with Crippen LogP contribution in [0.15, 0.2) is 243 Å². The summed E-state index contributed by atoms with van der Waals surface area (Å²) in [5.74, 6) is 3.61. The van der Waals surface area contributed by atoms with Crippen LogP contribution in [0.5, 0.6) is 23.0 Å². The maximum atomic E-state index is 12.5. The SMILES string of the molecule is BrB(Br)Br.CCOC(=O)/C=C/c1ccc(OC)c2ccccc12.CCOC(=O)C=P(c1ccccc1)(c1ccccc1)c1ccccc1.CCOC(=O)CCc1ccc(O)c2ccccc12.CCOC(=O)CCc1ccc(OC)c2ccccc12.COc1ccc(C=O)c2ccccc12.[HH]. The number of halogens is 3. The van der Waals surface area contributed by atoms with Crippen LogP contribution in [0.2, 0.25) is 0 Å². The summed E-state index contributed by atoms with van der Waals surface area (Å²) in [6.07, 6.45) is 6.15. The van der Waals surface area contributed by atoms with E-state index in [0.29, 0.717) is 57.7 Å². The second kappa shape index (κ2) is 42.5. The number of aromatic hydroxyl groups is 1. The van der Waals surface area contributed by atoms with Crippen LogP contribution >= 0.6 is 54.2 Å². The normalized spacial score (nSPS) is 10.4. The molecule has 1 N–H and O–H groups in total. The number of benzene rings is 11. The summed E-state index contributed by atoms with van der Waals surface area (Å²) in [6, 6.07) is 77.0. The summed E-state index contributed by atoms with van der Waals surface area (Å²) in [5.41, 5.74) is 3.85. The molecule has 11 rings (SSSR count). The number of hydrogen-bond acceptors (Lipinski definition) is 13. The molecule has 0 unspecified atom stereocenters. The van der Waals surface area contributed by atoms with Crippen molar-refractivity contribution in [1.82, 2.24) is 0 Å². The van der Waals surface area contributed by atoms with Crippen molar-refractivity contribution in [3.8, 4) is 23.0 Å². The molecule has 0 amide bonds. The minimum absolute atomic E-state index is 0. The van der Waals surface area contributed by atoms with Gasteiger partial charge in [-0.25, -0.2) is 9.59 Å². The van der Waals surface area contributed by atoms with E-state index in [4.69, 9.17) is 33.2 Å². The van der Waals surface area contributed by atoms with Gasteiger partial charge in [-0.3, -0.25) is 14.4 Å². The zero-order chi connectivity index (χ0) is 71.4. The van der Waals surface area contributed by atoms with Crippen molar-refractivity contribution in [2.75, 3.05) is 47.8 Å². The third kappa shape index (κ3) is 23.5. The molecule has 0 heterocycles. The average Bonchev–Trinajstić information content (AvgIpc) is 0.761. The number of hydrogen-bond donors (Lipinski definition) is 1. The zero-order valence-electron chi connectivity index (χ0n) is 56.5. The Hall–Kier alpha value is -9.25. The van der Waals surface area contributed by atoms with Gasteiger partial charge in [0, 0.05) is 53.2 Å². The third-order valence-electron chi connectivity index (χ3n) is 15.2. The van der Waals surface area contributed by atoms with Gasteiger partial charge in [0.05, 0.1) is 47.8 Å². The zero-order valence-corrected chi connectivity index (χ0v) is 62.1. The van der Waals surface area contributed by atoms with Gasteiger partial charge in [0.15, 0.2) is 6.29 Å². The van der Waals surface area contributed by atoms with Crippen molar-refractivity contribution in [1.29, 1.82) is 0 Å². The van der Waals surface area contributed by atoms with Gasteiger partial charge in [0.2, 0.25) is 0 Å². The van der Waals surface area contributed by atoms with Gasteiger partial charge in [-0.1, -0.05) is 206 Å². The van der Waals surface area contributed by atoms with E-state index in [1.165, 1.54) is 6.08 Å². The molecule has 0 aliphatic rings. The van der Waals surface area contributed by atoms with Crippen LogP contribution in [0, 0.1) is 0 Å². The molecule has 0 aliphatic carbocycles. The molecular weight excluding hydrogens is 1460 g/mol. The molecule has 18 heteroatoms. The maximum absolute atomic E-state index is 12.5. The Morgan fingerprint density at radius 1 is 0.404 bits per heavy atom. The molecule has 0 saturated carbocycles. The van der Waals surface area contributed by atoms with Gasteiger partial charge in [-0.05, 0) is 138 Å². The number of aldehydes is 1. The van der Waals surface area contributed by atoms with Crippen molar-refractivity contribution in [3.05, 3.63) is 265 Å². The van der Waals surface area contributed by atoms with Crippen LogP contribution in [-0.4, -0.2) is 92.0 Å². The molecule has 0 saturated heterocycles. The van der Waals surface area contributed by atoms with Crippen LogP contribution in [0.25, 0.3) is 49.2 Å². The number of ether oxygens (including phenoxy) is 7. The molecule has 13 nitrogen and oxygen atoms in total. The predicted molar refractivity (Wildman–Crippen MR) is 421 cm³/mol. The summed E-state index contributed by atoms with van der Waals surface area (Å²) >= 11 is 9.31. The largest absolute Gasteiger partial charge is 0.507 e. The minimum Gasteiger partial charge on any atom is -0.507 e. The van der Waals surface area contributed by atoms with E-state index in [2.05, 4.69) is 89.7 Å². The number of esters is 4. The van der Waals surface area contributed by atoms with Gasteiger partial charge in [-0.15, -0.1) is 47.3 Å². The van der Waals surface area contributed by atoms with Gasteiger partial charge in [0.25, 0.3) is 0 Å². The van der Waals surface area contributed by atoms with Crippen molar-refractivity contribution in [2.45, 2.75) is 53.4 Å². The molecule has 0 atom stereocenters. The Labute approximate surface area is 606 Å². The topological polar surface area (TPSA) is 170 Å². The Bertz CT molecular complexity index is 4380. The van der Waals surface area contributed by atoms with E-state index >= 15 is 0 Å². The third-order valence-corrected chi connectivity index (χ3v) is 19.1. The number of rotatable bonds is 20. The maximum Gasteiger partial charge on any atom is 0.369 e. The summed E-state index contributed by atoms with van der Waals surface area (Å²) in [5, 5.41) is 21.2. The average molecular weight is 1550 g/mol. The van der Waals surface area contributed by atoms with Gasteiger partial charge < -0.3 is 38.3 Å². The van der Waals surface area contributed by atoms with E-state index in [1.807, 2.05) is 196 Å². The lowest BCUT2D eigenvalue weighted by molar-refractivity contribution is -0.144. The van der Waals surface area contributed by atoms with Crippen LogP contribution in [0.4, 0.5) is 0 Å². The van der Waals surface area contributed by atoms with E-state index in [9.17, 15) is 29.1 Å². The van der Waals surface area contributed by atoms with E-state index in [0.717, 1.165) is 99.2 Å². The number of carbonyl (C=O) groups excluding carboxylic acids is 5. The van der Waals surface area contributed by atoms with E-state index in [-0.39, 0.29) is 34.2 Å². The summed E-state index contributed by atoms with van der Waals surface area (Å²) in [7, 11) is 4.94. The second-order valence-corrected chi connectivity index (χ2v) is 30.9. The number of phenols is 1. The summed E-state index contributed by atoms with van der Waals surface area (Å²) < 4.78 is 36.2. The van der Waals surface area contributed by atoms with Crippen LogP contribution in [-0.2, 0) is 51.0 Å². The monoisotopic (exact) mass is 1540 g/mol. The Morgan fingerprint density at radius 3 is 1.13 bits per heavy atom. The number of aryl methyl sites for hydroxylation is 2. The first kappa shape index (κ1) is 78.7. The van der Waals surface area contributed by atoms with Gasteiger partial charge >= 0.3 is 27.1 Å². The fourth-order valence-corrected chi connectivity index (χ4v) is 14.4. The number of methoxy groups -OCH3 is 3. The standard InChI is InChI=1S/C22H21O2P.C16H18O3.C16H16O3.C15H16O3.C12H10O2.BBr3.H2/c1-2-24-22(23)18-25(19-12-6-3-7-13-19,20-14-8-4-9-15-20)21-16-10-5-11-17-21;2*1-3-19-16(17)11-9-12-8-10-15(18-2)14-7-5-4-6-13(12)14;1-2-18-15(17)10-8-11-7-9-14(16)13-6-4-3-5-12(11)13;1-14-12-7-6-9(8-13)10-4-2-3-5-11(10)12;2-1(3)4;/h3-18H,2H2,1H3;4-8,10H,3,9,11H2,1-2H3;4-11H,3H2,1-2H3;3-7,9,16H,2,8,10H2,1H3;2-8H,1H3;;1H/b;;11-9+;;;;. The van der Waals surface area contributed by atoms with E-state index < -0.39 is 6.89 Å². The highest BCUT2D eigenvalue weighted by Crippen LogP contribution is 2.44. The molecule has 0 radical (unpaired) electrons. The van der Waals surface area contributed by atoms with Crippen molar-refractivity contribution >= 4 is 158 Å². The highest BCUT2D eigenvalue weighted by molar-refractivity contribution is 9.69. The molecule has 11 aromatic rings. The molecule has 514 valence electrons. The second-order valence-electron chi connectivity index (χ2n) is 21.2. The fraction of sp³-hybridized carbons (Fsp3) is 0.185. The van der Waals surface area contributed by atoms with Crippen LogP contribution < -0.4 is 30.1 Å². The molecule has 0 bridgehead atoms. The first-order valence-electron chi connectivity index (χ1n) is 32.1. The highest BCUT2D eigenvalue weighted by atomic mass is 79.9. The molecule has 0 spiro atoms. The van der Waals surface area contributed by atoms with Crippen LogP contribution in [0.1, 0.15) is 69.0 Å². The molecule has 0 fully saturated rings. The Balaban J connectivity index is 0.000000224. The first-order valence-corrected chi connectivity index (χ1v) is 36.7. The smallest absolute Gasteiger partial charge is 0.369 e. The Kier molecular flexibility index (Phi) is 33.8. The van der Waals surface area contributed by atoms with Gasteiger partial charge in [0.1, 0.15) is 23.0 Å². The number of carbonyl (C=O) groups is 5. The molecular formula is C81H83BBr3O13P. The lowest BCUT2D eigenvalue weighted by Crippen LogP contribution is -2.29. The van der Waals surface area contributed by atoms with Crippen molar-refractivity contribution < 1.29 is 63.7 Å². The number of phenolic OH excluding ortho intramolecular Hbond substituents is 1. The summed E-state index contributed by atoms with van der Waals surface area (Å²) in [4.78, 5) is 57.4.